The summed E-state index contributed by atoms with van der Waals surface area (Å²) in [6, 6.07) is 10.3. The fraction of sp³-hybridized carbons (Fsp3) is 0.294. The molecule has 0 saturated heterocycles. The Balaban J connectivity index is 0.00000288. The highest BCUT2D eigenvalue weighted by molar-refractivity contribution is 14.0. The molecule has 0 aliphatic heterocycles. The van der Waals surface area contributed by atoms with Crippen LogP contribution in [0.5, 0.6) is 0 Å². The van der Waals surface area contributed by atoms with Crippen LogP contribution in [0.3, 0.4) is 0 Å². The quantitative estimate of drug-likeness (QED) is 0.412. The first kappa shape index (κ1) is 20.0. The maximum Gasteiger partial charge on any atom is 0.191 e. The van der Waals surface area contributed by atoms with Gasteiger partial charge in [-0.1, -0.05) is 0 Å². The maximum atomic E-state index is 13.8. The van der Waals surface area contributed by atoms with Gasteiger partial charge in [0, 0.05) is 37.6 Å². The van der Waals surface area contributed by atoms with Gasteiger partial charge in [-0.05, 0) is 37.3 Å². The summed E-state index contributed by atoms with van der Waals surface area (Å²) in [6.07, 6.45) is 3.99. The SMILES string of the molecule is CCNC(=NCc1cc(C#N)ccc1F)NCCn1cccc1.I. The van der Waals surface area contributed by atoms with Gasteiger partial charge in [0.25, 0.3) is 0 Å². The molecule has 0 aliphatic carbocycles. The highest BCUT2D eigenvalue weighted by Gasteiger charge is 2.04. The third-order valence-electron chi connectivity index (χ3n) is 3.26. The van der Waals surface area contributed by atoms with Crippen molar-refractivity contribution in [3.05, 3.63) is 59.7 Å². The van der Waals surface area contributed by atoms with Crippen molar-refractivity contribution >= 4 is 29.9 Å². The summed E-state index contributed by atoms with van der Waals surface area (Å²) in [7, 11) is 0. The molecule has 24 heavy (non-hydrogen) atoms. The van der Waals surface area contributed by atoms with Crippen LogP contribution >= 0.6 is 24.0 Å². The lowest BCUT2D eigenvalue weighted by Crippen LogP contribution is -2.38. The Labute approximate surface area is 158 Å². The molecule has 0 spiro atoms. The zero-order valence-corrected chi connectivity index (χ0v) is 15.8. The Hall–Kier alpha value is -2.08. The number of nitrogens with zero attached hydrogens (tertiary/aromatic N) is 3. The molecule has 128 valence electrons. The number of hydrogen-bond acceptors (Lipinski definition) is 2. The normalized spacial score (nSPS) is 10.6. The van der Waals surface area contributed by atoms with Gasteiger partial charge in [-0.15, -0.1) is 24.0 Å². The average molecular weight is 441 g/mol. The number of hydrogen-bond donors (Lipinski definition) is 2. The molecule has 2 rings (SSSR count). The van der Waals surface area contributed by atoms with Crippen LogP contribution in [0.25, 0.3) is 0 Å². The number of aliphatic imine (C=N–C) groups is 1. The summed E-state index contributed by atoms with van der Waals surface area (Å²) in [6.45, 7) is 4.40. The van der Waals surface area contributed by atoms with Crippen LogP contribution < -0.4 is 10.6 Å². The van der Waals surface area contributed by atoms with Gasteiger partial charge in [-0.25, -0.2) is 9.38 Å². The second kappa shape index (κ2) is 10.6. The lowest BCUT2D eigenvalue weighted by molar-refractivity contribution is 0.609. The molecule has 0 saturated carbocycles. The first-order valence-electron chi connectivity index (χ1n) is 7.54. The molecule has 1 aromatic heterocycles. The predicted molar refractivity (Wildman–Crippen MR) is 104 cm³/mol. The van der Waals surface area contributed by atoms with E-state index in [1.54, 1.807) is 0 Å². The van der Waals surface area contributed by atoms with Gasteiger partial charge in [-0.2, -0.15) is 5.26 Å². The van der Waals surface area contributed by atoms with Crippen molar-refractivity contribution in [2.75, 3.05) is 13.1 Å². The minimum atomic E-state index is -0.351. The molecule has 0 radical (unpaired) electrons. The minimum absolute atomic E-state index is 0. The maximum absolute atomic E-state index is 13.8. The van der Waals surface area contributed by atoms with E-state index in [9.17, 15) is 4.39 Å². The summed E-state index contributed by atoms with van der Waals surface area (Å²) in [5.74, 6) is 0.275. The molecular formula is C17H21FIN5. The predicted octanol–water partition coefficient (Wildman–Crippen LogP) is 2.87. The first-order chi connectivity index (χ1) is 11.2. The van der Waals surface area contributed by atoms with Gasteiger partial charge < -0.3 is 15.2 Å². The molecule has 1 heterocycles. The fourth-order valence-electron chi connectivity index (χ4n) is 2.09. The summed E-state index contributed by atoms with van der Waals surface area (Å²) in [5.41, 5.74) is 0.842. The number of guanidine groups is 1. The number of halogens is 2. The molecule has 0 bridgehead atoms. The van der Waals surface area contributed by atoms with Crippen molar-refractivity contribution in [3.8, 4) is 6.07 Å². The monoisotopic (exact) mass is 441 g/mol. The lowest BCUT2D eigenvalue weighted by atomic mass is 10.1. The second-order valence-corrected chi connectivity index (χ2v) is 4.96. The molecule has 7 heteroatoms. The Morgan fingerprint density at radius 1 is 1.29 bits per heavy atom. The van der Waals surface area contributed by atoms with Crippen LogP contribution in [-0.4, -0.2) is 23.6 Å². The molecule has 5 nitrogen and oxygen atoms in total. The average Bonchev–Trinajstić information content (AvgIpc) is 3.07. The van der Waals surface area contributed by atoms with Gasteiger partial charge in [0.1, 0.15) is 5.82 Å². The smallest absolute Gasteiger partial charge is 0.191 e. The Kier molecular flexibility index (Phi) is 8.86. The molecule has 0 unspecified atom stereocenters. The molecule has 0 amide bonds. The van der Waals surface area contributed by atoms with E-state index < -0.39 is 0 Å². The van der Waals surface area contributed by atoms with Crippen molar-refractivity contribution in [2.45, 2.75) is 20.0 Å². The van der Waals surface area contributed by atoms with E-state index in [2.05, 4.69) is 20.2 Å². The molecule has 2 aromatic rings. The number of aromatic nitrogens is 1. The largest absolute Gasteiger partial charge is 0.357 e. The van der Waals surface area contributed by atoms with Crippen molar-refractivity contribution in [2.24, 2.45) is 4.99 Å². The standard InChI is InChI=1S/C17H20FN5.HI/c1-2-20-17(21-7-10-23-8-3-4-9-23)22-13-15-11-14(12-19)5-6-16(15)18;/h3-6,8-9,11H,2,7,10,13H2,1H3,(H2,20,21,22);1H. The fourth-order valence-corrected chi connectivity index (χ4v) is 2.09. The topological polar surface area (TPSA) is 65.1 Å². The van der Waals surface area contributed by atoms with Crippen molar-refractivity contribution in [1.82, 2.24) is 15.2 Å². The van der Waals surface area contributed by atoms with Crippen LogP contribution in [0, 0.1) is 17.1 Å². The third kappa shape index (κ3) is 6.20. The van der Waals surface area contributed by atoms with Crippen LogP contribution in [0.4, 0.5) is 4.39 Å². The third-order valence-corrected chi connectivity index (χ3v) is 3.26. The highest BCUT2D eigenvalue weighted by Crippen LogP contribution is 2.11. The molecule has 1 aromatic carbocycles. The summed E-state index contributed by atoms with van der Waals surface area (Å²) in [5, 5.41) is 15.2. The van der Waals surface area contributed by atoms with E-state index in [0.29, 0.717) is 23.6 Å². The Bertz CT molecular complexity index is 692. The van der Waals surface area contributed by atoms with Crippen LogP contribution in [0.1, 0.15) is 18.1 Å². The zero-order chi connectivity index (χ0) is 16.5. The number of nitrogens with one attached hydrogen (secondary N) is 2. The van der Waals surface area contributed by atoms with Gasteiger partial charge in [0.05, 0.1) is 18.2 Å². The Morgan fingerprint density at radius 2 is 2.04 bits per heavy atom. The first-order valence-corrected chi connectivity index (χ1v) is 7.54. The van der Waals surface area contributed by atoms with Crippen LogP contribution in [0.2, 0.25) is 0 Å². The second-order valence-electron chi connectivity index (χ2n) is 4.96. The summed E-state index contributed by atoms with van der Waals surface area (Å²) in [4.78, 5) is 4.37. The van der Waals surface area contributed by atoms with E-state index in [1.807, 2.05) is 37.5 Å². The summed E-state index contributed by atoms with van der Waals surface area (Å²) < 4.78 is 15.8. The van der Waals surface area contributed by atoms with Gasteiger partial charge in [-0.3, -0.25) is 0 Å². The zero-order valence-electron chi connectivity index (χ0n) is 13.5. The van der Waals surface area contributed by atoms with Gasteiger partial charge >= 0.3 is 0 Å². The minimum Gasteiger partial charge on any atom is -0.357 e. The molecule has 0 fully saturated rings. The molecular weight excluding hydrogens is 420 g/mol. The van der Waals surface area contributed by atoms with Crippen molar-refractivity contribution in [3.63, 3.8) is 0 Å². The van der Waals surface area contributed by atoms with Gasteiger partial charge in [0.15, 0.2) is 5.96 Å². The van der Waals surface area contributed by atoms with E-state index in [4.69, 9.17) is 5.26 Å². The molecule has 0 atom stereocenters. The van der Waals surface area contributed by atoms with Crippen LogP contribution in [0.15, 0.2) is 47.7 Å². The van der Waals surface area contributed by atoms with Gasteiger partial charge in [0.2, 0.25) is 0 Å². The van der Waals surface area contributed by atoms with E-state index >= 15 is 0 Å². The number of benzene rings is 1. The number of rotatable bonds is 6. The summed E-state index contributed by atoms with van der Waals surface area (Å²) >= 11 is 0. The Morgan fingerprint density at radius 3 is 2.71 bits per heavy atom. The van der Waals surface area contributed by atoms with E-state index in [0.717, 1.165) is 13.1 Å². The van der Waals surface area contributed by atoms with E-state index in [-0.39, 0.29) is 36.3 Å². The van der Waals surface area contributed by atoms with E-state index in [1.165, 1.54) is 18.2 Å². The number of nitriles is 1. The van der Waals surface area contributed by atoms with Crippen LogP contribution in [-0.2, 0) is 13.1 Å². The molecule has 2 N–H and O–H groups in total. The lowest BCUT2D eigenvalue weighted by Gasteiger charge is -2.12. The molecule has 0 aliphatic rings. The van der Waals surface area contributed by atoms with Crippen molar-refractivity contribution in [1.29, 1.82) is 5.26 Å². The highest BCUT2D eigenvalue weighted by atomic mass is 127. The van der Waals surface area contributed by atoms with Crippen molar-refractivity contribution < 1.29 is 4.39 Å².